The Morgan fingerprint density at radius 2 is 1.80 bits per heavy atom. The number of methoxy groups -OCH3 is 1. The van der Waals surface area contributed by atoms with Gasteiger partial charge in [-0.15, -0.1) is 0 Å². The summed E-state index contributed by atoms with van der Waals surface area (Å²) in [4.78, 5) is 12.0. The van der Waals surface area contributed by atoms with Crippen molar-refractivity contribution in [1.82, 2.24) is 5.32 Å². The minimum Gasteiger partial charge on any atom is -0.496 e. The van der Waals surface area contributed by atoms with Crippen molar-refractivity contribution in [3.8, 4) is 11.5 Å². The predicted octanol–water partition coefficient (Wildman–Crippen LogP) is 3.69. The van der Waals surface area contributed by atoms with Crippen LogP contribution in [0.3, 0.4) is 0 Å². The average molecular weight is 341 g/mol. The van der Waals surface area contributed by atoms with Crippen molar-refractivity contribution in [2.75, 3.05) is 20.3 Å². The van der Waals surface area contributed by atoms with Crippen LogP contribution in [0.1, 0.15) is 30.0 Å². The number of carbonyl (C=O) groups is 1. The molecule has 0 heterocycles. The van der Waals surface area contributed by atoms with Crippen LogP contribution in [0.25, 0.3) is 0 Å². The number of carbonyl (C=O) groups excluding carboxylic acids is 1. The molecule has 0 saturated carbocycles. The maximum absolute atomic E-state index is 12.0. The highest BCUT2D eigenvalue weighted by atomic mass is 16.5. The summed E-state index contributed by atoms with van der Waals surface area (Å²) in [5, 5.41) is 2.99. The van der Waals surface area contributed by atoms with E-state index in [2.05, 4.69) is 17.4 Å². The van der Waals surface area contributed by atoms with E-state index < -0.39 is 0 Å². The van der Waals surface area contributed by atoms with Gasteiger partial charge in [-0.1, -0.05) is 24.3 Å². The lowest BCUT2D eigenvalue weighted by Crippen LogP contribution is -2.26. The van der Waals surface area contributed by atoms with Gasteiger partial charge in [0.05, 0.1) is 20.1 Å². The minimum atomic E-state index is 0.0521. The number of nitrogens with one attached hydrogen (secondary N) is 1. The summed E-state index contributed by atoms with van der Waals surface area (Å²) in [6.45, 7) is 5.32. The first kappa shape index (κ1) is 18.8. The second-order valence-corrected chi connectivity index (χ2v) is 6.01. The Balaban J connectivity index is 1.70. The first-order valence-corrected chi connectivity index (χ1v) is 8.74. The molecule has 0 aliphatic rings. The number of amides is 1. The third kappa shape index (κ3) is 6.14. The largest absolute Gasteiger partial charge is 0.496 e. The molecule has 0 unspecified atom stereocenters. The Labute approximate surface area is 150 Å². The second-order valence-electron chi connectivity index (χ2n) is 6.01. The van der Waals surface area contributed by atoms with E-state index >= 15 is 0 Å². The molecule has 0 aliphatic heterocycles. The van der Waals surface area contributed by atoms with Crippen LogP contribution < -0.4 is 14.8 Å². The highest BCUT2D eigenvalue weighted by molar-refractivity contribution is 5.78. The van der Waals surface area contributed by atoms with E-state index in [-0.39, 0.29) is 5.91 Å². The molecule has 25 heavy (non-hydrogen) atoms. The molecule has 0 radical (unpaired) electrons. The molecule has 134 valence electrons. The Morgan fingerprint density at radius 1 is 1.08 bits per heavy atom. The summed E-state index contributed by atoms with van der Waals surface area (Å²) in [7, 11) is 1.65. The van der Waals surface area contributed by atoms with Gasteiger partial charge in [-0.25, -0.2) is 0 Å². The van der Waals surface area contributed by atoms with Gasteiger partial charge in [-0.2, -0.15) is 0 Å². The Kier molecular flexibility index (Phi) is 7.33. The molecule has 2 aromatic rings. The molecule has 0 spiro atoms. The molecule has 0 atom stereocenters. The van der Waals surface area contributed by atoms with Crippen LogP contribution in [0, 0.1) is 6.92 Å². The van der Waals surface area contributed by atoms with E-state index in [1.807, 2.05) is 44.2 Å². The van der Waals surface area contributed by atoms with Gasteiger partial charge in [0.15, 0.2) is 0 Å². The van der Waals surface area contributed by atoms with Crippen LogP contribution in [0.2, 0.25) is 0 Å². The normalized spacial score (nSPS) is 10.4. The summed E-state index contributed by atoms with van der Waals surface area (Å²) in [6.07, 6.45) is 2.25. The van der Waals surface area contributed by atoms with Crippen molar-refractivity contribution in [2.45, 2.75) is 33.1 Å². The zero-order chi connectivity index (χ0) is 18.1. The van der Waals surface area contributed by atoms with Gasteiger partial charge in [0.2, 0.25) is 5.91 Å². The van der Waals surface area contributed by atoms with Crippen molar-refractivity contribution in [3.05, 3.63) is 59.2 Å². The fourth-order valence-electron chi connectivity index (χ4n) is 2.74. The summed E-state index contributed by atoms with van der Waals surface area (Å²) in [5.41, 5.74) is 3.30. The van der Waals surface area contributed by atoms with Gasteiger partial charge < -0.3 is 14.8 Å². The average Bonchev–Trinajstić information content (AvgIpc) is 2.60. The van der Waals surface area contributed by atoms with Crippen LogP contribution in [0.5, 0.6) is 11.5 Å². The number of ether oxygens (including phenoxy) is 2. The molecule has 0 bridgehead atoms. The van der Waals surface area contributed by atoms with Gasteiger partial charge in [0.1, 0.15) is 11.5 Å². The quantitative estimate of drug-likeness (QED) is 0.708. The van der Waals surface area contributed by atoms with Gasteiger partial charge in [-0.3, -0.25) is 4.79 Å². The van der Waals surface area contributed by atoms with Crippen molar-refractivity contribution < 1.29 is 14.3 Å². The molecule has 4 heteroatoms. The number of aryl methyl sites for hydroxylation is 2. The Morgan fingerprint density at radius 3 is 2.44 bits per heavy atom. The van der Waals surface area contributed by atoms with Gasteiger partial charge in [0.25, 0.3) is 0 Å². The SMILES string of the molecule is CCOc1ccc(CCCNC(=O)Cc2ccc(OC)c(C)c2)cc1. The summed E-state index contributed by atoms with van der Waals surface area (Å²) in [6, 6.07) is 14.0. The predicted molar refractivity (Wildman–Crippen MR) is 100 cm³/mol. The number of hydrogen-bond donors (Lipinski definition) is 1. The molecule has 0 aromatic heterocycles. The van der Waals surface area contributed by atoms with Crippen molar-refractivity contribution in [2.24, 2.45) is 0 Å². The third-order valence-corrected chi connectivity index (χ3v) is 4.02. The second kappa shape index (κ2) is 9.72. The van der Waals surface area contributed by atoms with Crippen LogP contribution in [-0.2, 0) is 17.6 Å². The fraction of sp³-hybridized carbons (Fsp3) is 0.381. The number of hydrogen-bond acceptors (Lipinski definition) is 3. The van der Waals surface area contributed by atoms with E-state index in [0.717, 1.165) is 35.5 Å². The fourth-order valence-corrected chi connectivity index (χ4v) is 2.74. The van der Waals surface area contributed by atoms with Crippen LogP contribution in [-0.4, -0.2) is 26.2 Å². The molecule has 0 saturated heterocycles. The maximum atomic E-state index is 12.0. The lowest BCUT2D eigenvalue weighted by atomic mass is 10.1. The Hall–Kier alpha value is -2.49. The smallest absolute Gasteiger partial charge is 0.224 e. The molecule has 4 nitrogen and oxygen atoms in total. The van der Waals surface area contributed by atoms with Crippen molar-refractivity contribution >= 4 is 5.91 Å². The standard InChI is InChI=1S/C21H27NO3/c1-4-25-19-10-7-17(8-11-19)6-5-13-22-21(23)15-18-9-12-20(24-3)16(2)14-18/h7-12,14H,4-6,13,15H2,1-3H3,(H,22,23). The maximum Gasteiger partial charge on any atom is 0.224 e. The molecule has 1 amide bonds. The molecular weight excluding hydrogens is 314 g/mol. The van der Waals surface area contributed by atoms with Gasteiger partial charge in [-0.05, 0) is 61.6 Å². The summed E-state index contributed by atoms with van der Waals surface area (Å²) >= 11 is 0. The first-order valence-electron chi connectivity index (χ1n) is 8.74. The highest BCUT2D eigenvalue weighted by Gasteiger charge is 2.05. The van der Waals surface area contributed by atoms with Crippen molar-refractivity contribution in [1.29, 1.82) is 0 Å². The minimum absolute atomic E-state index is 0.0521. The number of rotatable bonds is 9. The van der Waals surface area contributed by atoms with E-state index in [9.17, 15) is 4.79 Å². The topological polar surface area (TPSA) is 47.6 Å². The third-order valence-electron chi connectivity index (χ3n) is 4.02. The van der Waals surface area contributed by atoms with E-state index in [1.54, 1.807) is 7.11 Å². The Bertz CT molecular complexity index is 680. The highest BCUT2D eigenvalue weighted by Crippen LogP contribution is 2.18. The molecule has 1 N–H and O–H groups in total. The van der Waals surface area contributed by atoms with E-state index in [0.29, 0.717) is 19.6 Å². The first-order chi connectivity index (χ1) is 12.1. The molecule has 0 fully saturated rings. The molecule has 2 aromatic carbocycles. The van der Waals surface area contributed by atoms with Crippen LogP contribution in [0.15, 0.2) is 42.5 Å². The molecular formula is C21H27NO3. The van der Waals surface area contributed by atoms with E-state index in [4.69, 9.17) is 9.47 Å². The number of benzene rings is 2. The lowest BCUT2D eigenvalue weighted by Gasteiger charge is -2.09. The lowest BCUT2D eigenvalue weighted by molar-refractivity contribution is -0.120. The molecule has 0 aliphatic carbocycles. The summed E-state index contributed by atoms with van der Waals surface area (Å²) < 4.78 is 10.7. The van der Waals surface area contributed by atoms with Crippen LogP contribution in [0.4, 0.5) is 0 Å². The van der Waals surface area contributed by atoms with Crippen molar-refractivity contribution in [3.63, 3.8) is 0 Å². The molecule has 2 rings (SSSR count). The summed E-state index contributed by atoms with van der Waals surface area (Å²) in [5.74, 6) is 1.80. The van der Waals surface area contributed by atoms with Gasteiger partial charge >= 0.3 is 0 Å². The zero-order valence-corrected chi connectivity index (χ0v) is 15.3. The van der Waals surface area contributed by atoms with Gasteiger partial charge in [0, 0.05) is 6.54 Å². The zero-order valence-electron chi connectivity index (χ0n) is 15.3. The monoisotopic (exact) mass is 341 g/mol. The van der Waals surface area contributed by atoms with Crippen LogP contribution >= 0.6 is 0 Å². The van der Waals surface area contributed by atoms with E-state index in [1.165, 1.54) is 5.56 Å².